The summed E-state index contributed by atoms with van der Waals surface area (Å²) in [6, 6.07) is 4.45. The van der Waals surface area contributed by atoms with Crippen molar-refractivity contribution in [3.05, 3.63) is 70.8 Å². The van der Waals surface area contributed by atoms with Gasteiger partial charge in [-0.25, -0.2) is 22.4 Å². The van der Waals surface area contributed by atoms with E-state index in [0.29, 0.717) is 38.5 Å². The van der Waals surface area contributed by atoms with E-state index >= 15 is 0 Å². The van der Waals surface area contributed by atoms with Gasteiger partial charge in [0.25, 0.3) is 11.8 Å². The lowest BCUT2D eigenvalue weighted by Gasteiger charge is -2.44. The third kappa shape index (κ3) is 6.39. The van der Waals surface area contributed by atoms with Crippen molar-refractivity contribution >= 4 is 17.8 Å². The molecule has 2 aliphatic heterocycles. The van der Waals surface area contributed by atoms with Gasteiger partial charge in [0.05, 0.1) is 17.2 Å². The molecule has 2 aromatic rings. The number of likely N-dealkylation sites (tertiary alicyclic amines) is 1. The Kier molecular flexibility index (Phi) is 8.55. The second-order valence-electron chi connectivity index (χ2n) is 10.1. The van der Waals surface area contributed by atoms with Crippen LogP contribution in [0.3, 0.4) is 0 Å². The SMILES string of the molecule is CC1(C)OCC(=O)N(C(=O)NCCNC2CCN(C(=O)c3ccc(F)cc3F)CC2)C1c1ccc(F)c(F)c1. The third-order valence-corrected chi connectivity index (χ3v) is 7.01. The Hall–Kier alpha value is -3.51. The molecule has 2 saturated heterocycles. The fraction of sp³-hybridized carbons (Fsp3) is 0.444. The number of rotatable bonds is 6. The van der Waals surface area contributed by atoms with Crippen molar-refractivity contribution in [2.24, 2.45) is 0 Å². The molecule has 0 aromatic heterocycles. The largest absolute Gasteiger partial charge is 0.363 e. The number of ether oxygens (including phenoxy) is 1. The summed E-state index contributed by atoms with van der Waals surface area (Å²) in [5.74, 6) is -4.89. The van der Waals surface area contributed by atoms with E-state index in [4.69, 9.17) is 4.74 Å². The second kappa shape index (κ2) is 11.7. The van der Waals surface area contributed by atoms with Gasteiger partial charge in [0.2, 0.25) is 0 Å². The second-order valence-corrected chi connectivity index (χ2v) is 10.1. The summed E-state index contributed by atoms with van der Waals surface area (Å²) < 4.78 is 60.1. The van der Waals surface area contributed by atoms with Crippen molar-refractivity contribution in [1.82, 2.24) is 20.4 Å². The molecular formula is C27H30F4N4O4. The van der Waals surface area contributed by atoms with Crippen LogP contribution < -0.4 is 10.6 Å². The molecule has 12 heteroatoms. The van der Waals surface area contributed by atoms with Gasteiger partial charge in [-0.3, -0.25) is 14.5 Å². The van der Waals surface area contributed by atoms with Gasteiger partial charge < -0.3 is 20.3 Å². The molecule has 1 unspecified atom stereocenters. The van der Waals surface area contributed by atoms with Gasteiger partial charge in [-0.2, -0.15) is 0 Å². The van der Waals surface area contributed by atoms with E-state index in [2.05, 4.69) is 10.6 Å². The molecule has 2 fully saturated rings. The van der Waals surface area contributed by atoms with Crippen LogP contribution in [0.2, 0.25) is 0 Å². The first-order valence-electron chi connectivity index (χ1n) is 12.6. The molecule has 2 heterocycles. The van der Waals surface area contributed by atoms with E-state index in [9.17, 15) is 31.9 Å². The number of morpholine rings is 1. The maximum atomic E-state index is 14.0. The van der Waals surface area contributed by atoms with Crippen LogP contribution >= 0.6 is 0 Å². The van der Waals surface area contributed by atoms with Crippen LogP contribution in [0.25, 0.3) is 0 Å². The number of halogens is 4. The average Bonchev–Trinajstić information content (AvgIpc) is 2.89. The normalized spacial score (nSPS) is 19.7. The van der Waals surface area contributed by atoms with Crippen LogP contribution in [-0.4, -0.2) is 72.1 Å². The average molecular weight is 551 g/mol. The Balaban J connectivity index is 1.28. The smallest absolute Gasteiger partial charge is 0.324 e. The van der Waals surface area contributed by atoms with E-state index < -0.39 is 52.8 Å². The lowest BCUT2D eigenvalue weighted by molar-refractivity contribution is -0.165. The molecule has 0 aliphatic carbocycles. The molecule has 2 aromatic carbocycles. The number of nitrogens with zero attached hydrogens (tertiary/aromatic N) is 2. The van der Waals surface area contributed by atoms with Crippen LogP contribution in [0.15, 0.2) is 36.4 Å². The summed E-state index contributed by atoms with van der Waals surface area (Å²) in [6.07, 6.45) is 1.19. The zero-order valence-electron chi connectivity index (χ0n) is 21.6. The van der Waals surface area contributed by atoms with Crippen molar-refractivity contribution in [3.63, 3.8) is 0 Å². The highest BCUT2D eigenvalue weighted by Crippen LogP contribution is 2.38. The first-order chi connectivity index (χ1) is 18.5. The lowest BCUT2D eigenvalue weighted by Crippen LogP contribution is -2.58. The van der Waals surface area contributed by atoms with Crippen molar-refractivity contribution < 1.29 is 36.7 Å². The van der Waals surface area contributed by atoms with E-state index in [1.807, 2.05) is 0 Å². The molecule has 0 spiro atoms. The zero-order chi connectivity index (χ0) is 28.3. The highest BCUT2D eigenvalue weighted by molar-refractivity contribution is 5.96. The molecule has 0 bridgehead atoms. The number of imide groups is 1. The van der Waals surface area contributed by atoms with E-state index in [-0.39, 0.29) is 30.3 Å². The van der Waals surface area contributed by atoms with Gasteiger partial charge in [-0.05, 0) is 56.5 Å². The van der Waals surface area contributed by atoms with Gasteiger partial charge in [-0.1, -0.05) is 6.07 Å². The molecule has 0 radical (unpaired) electrons. The van der Waals surface area contributed by atoms with E-state index in [1.165, 1.54) is 11.0 Å². The number of urea groups is 1. The molecular weight excluding hydrogens is 520 g/mol. The molecule has 1 atom stereocenters. The molecule has 210 valence electrons. The quantitative estimate of drug-likeness (QED) is 0.425. The van der Waals surface area contributed by atoms with Gasteiger partial charge in [0.1, 0.15) is 18.2 Å². The van der Waals surface area contributed by atoms with Crippen LogP contribution in [0.1, 0.15) is 48.7 Å². The van der Waals surface area contributed by atoms with Crippen LogP contribution in [0.5, 0.6) is 0 Å². The van der Waals surface area contributed by atoms with Gasteiger partial charge in [0.15, 0.2) is 11.6 Å². The fourth-order valence-electron chi connectivity index (χ4n) is 4.97. The van der Waals surface area contributed by atoms with Crippen LogP contribution in [0.4, 0.5) is 22.4 Å². The van der Waals surface area contributed by atoms with Crippen LogP contribution in [-0.2, 0) is 9.53 Å². The fourth-order valence-corrected chi connectivity index (χ4v) is 4.97. The minimum Gasteiger partial charge on any atom is -0.363 e. The summed E-state index contributed by atoms with van der Waals surface area (Å²) in [5.41, 5.74) is -0.995. The Labute approximate surface area is 223 Å². The van der Waals surface area contributed by atoms with E-state index in [0.717, 1.165) is 29.2 Å². The Bertz CT molecular complexity index is 1250. The van der Waals surface area contributed by atoms with Crippen LogP contribution in [0, 0.1) is 23.3 Å². The number of piperidine rings is 1. The van der Waals surface area contributed by atoms with Crippen molar-refractivity contribution in [2.75, 3.05) is 32.8 Å². The number of carbonyl (C=O) groups excluding carboxylic acids is 3. The highest BCUT2D eigenvalue weighted by atomic mass is 19.2. The Morgan fingerprint density at radius 2 is 1.69 bits per heavy atom. The topological polar surface area (TPSA) is 91.0 Å². The summed E-state index contributed by atoms with van der Waals surface area (Å²) in [5, 5.41) is 5.97. The molecule has 39 heavy (non-hydrogen) atoms. The maximum Gasteiger partial charge on any atom is 0.324 e. The highest BCUT2D eigenvalue weighted by Gasteiger charge is 2.46. The third-order valence-electron chi connectivity index (χ3n) is 7.01. The summed E-state index contributed by atoms with van der Waals surface area (Å²) in [4.78, 5) is 40.7. The zero-order valence-corrected chi connectivity index (χ0v) is 21.6. The van der Waals surface area contributed by atoms with Crippen molar-refractivity contribution in [1.29, 1.82) is 0 Å². The molecule has 8 nitrogen and oxygen atoms in total. The van der Waals surface area contributed by atoms with Crippen molar-refractivity contribution in [2.45, 2.75) is 44.4 Å². The first-order valence-corrected chi connectivity index (χ1v) is 12.6. The minimum absolute atomic E-state index is 0.0444. The monoisotopic (exact) mass is 550 g/mol. The summed E-state index contributed by atoms with van der Waals surface area (Å²) in [6.45, 7) is 4.30. The molecule has 2 N–H and O–H groups in total. The number of hydrogen-bond donors (Lipinski definition) is 2. The summed E-state index contributed by atoms with van der Waals surface area (Å²) in [7, 11) is 0. The number of amides is 4. The Morgan fingerprint density at radius 1 is 0.974 bits per heavy atom. The summed E-state index contributed by atoms with van der Waals surface area (Å²) >= 11 is 0. The number of benzene rings is 2. The van der Waals surface area contributed by atoms with Gasteiger partial charge >= 0.3 is 6.03 Å². The van der Waals surface area contributed by atoms with Gasteiger partial charge in [0, 0.05) is 38.3 Å². The first kappa shape index (κ1) is 28.5. The predicted molar refractivity (Wildman–Crippen MR) is 133 cm³/mol. The predicted octanol–water partition coefficient (Wildman–Crippen LogP) is 3.53. The molecule has 4 amide bonds. The van der Waals surface area contributed by atoms with Gasteiger partial charge in [-0.15, -0.1) is 0 Å². The number of nitrogens with one attached hydrogen (secondary N) is 2. The molecule has 0 saturated carbocycles. The van der Waals surface area contributed by atoms with E-state index in [1.54, 1.807) is 13.8 Å². The van der Waals surface area contributed by atoms with Crippen molar-refractivity contribution in [3.8, 4) is 0 Å². The Morgan fingerprint density at radius 3 is 2.36 bits per heavy atom. The maximum absolute atomic E-state index is 14.0. The standard InChI is InChI=1S/C27H30F4N4O4/c1-27(2)24(16-3-6-20(29)22(31)13-16)35(23(36)15-39-27)26(38)33-10-9-32-18-7-11-34(12-8-18)25(37)19-5-4-17(28)14-21(19)30/h3-6,13-14,18,24,32H,7-12,15H2,1-2H3,(H,33,38). The molecule has 2 aliphatic rings. The lowest BCUT2D eigenvalue weighted by atomic mass is 9.88. The minimum atomic E-state index is -1.10. The number of carbonyl (C=O) groups is 3. The number of hydrogen-bond acceptors (Lipinski definition) is 5. The molecule has 4 rings (SSSR count).